The molecule has 114 valence electrons. The molecule has 6 nitrogen and oxygen atoms in total. The number of ether oxygens (including phenoxy) is 3. The number of fused-ring (bicyclic) bond motifs is 1. The first kappa shape index (κ1) is 15.2. The van der Waals surface area contributed by atoms with Crippen LogP contribution in [0.25, 0.3) is 0 Å². The van der Waals surface area contributed by atoms with Gasteiger partial charge in [-0.25, -0.2) is 4.79 Å². The van der Waals surface area contributed by atoms with Gasteiger partial charge in [-0.2, -0.15) is 0 Å². The summed E-state index contributed by atoms with van der Waals surface area (Å²) in [5.74, 6) is 0.236. The average Bonchev–Trinajstić information content (AvgIpc) is 2.92. The highest BCUT2D eigenvalue weighted by atomic mass is 16.7. The summed E-state index contributed by atoms with van der Waals surface area (Å²) in [6.07, 6.45) is 1.88. The van der Waals surface area contributed by atoms with Crippen molar-refractivity contribution in [3.8, 4) is 11.5 Å². The molecule has 0 aliphatic carbocycles. The van der Waals surface area contributed by atoms with E-state index >= 15 is 0 Å². The van der Waals surface area contributed by atoms with Crippen LogP contribution in [0.5, 0.6) is 11.5 Å². The number of hydrogen-bond acceptors (Lipinski definition) is 5. The molecular weight excluding hydrogens is 274 g/mol. The molecule has 1 heterocycles. The van der Waals surface area contributed by atoms with Gasteiger partial charge >= 0.3 is 5.97 Å². The van der Waals surface area contributed by atoms with E-state index in [9.17, 15) is 9.59 Å². The molecular formula is C15H19NO5. The number of carbonyl (C=O) groups excluding carboxylic acids is 2. The Morgan fingerprint density at radius 1 is 1.33 bits per heavy atom. The number of amides is 1. The van der Waals surface area contributed by atoms with E-state index in [0.717, 1.165) is 12.8 Å². The van der Waals surface area contributed by atoms with Gasteiger partial charge in [0.1, 0.15) is 0 Å². The maximum Gasteiger partial charge on any atom is 0.338 e. The summed E-state index contributed by atoms with van der Waals surface area (Å²) in [4.78, 5) is 23.5. The predicted octanol–water partition coefficient (Wildman–Crippen LogP) is 1.88. The van der Waals surface area contributed by atoms with Crippen LogP contribution >= 0.6 is 0 Å². The molecule has 1 amide bonds. The molecule has 1 aromatic carbocycles. The third kappa shape index (κ3) is 4.11. The lowest BCUT2D eigenvalue weighted by atomic mass is 10.2. The minimum Gasteiger partial charge on any atom is -0.454 e. The zero-order valence-corrected chi connectivity index (χ0v) is 12.2. The third-order valence-electron chi connectivity index (χ3n) is 3.07. The van der Waals surface area contributed by atoms with Gasteiger partial charge in [0, 0.05) is 6.04 Å². The topological polar surface area (TPSA) is 73.9 Å². The summed E-state index contributed by atoms with van der Waals surface area (Å²) in [5, 5.41) is 2.77. The molecule has 0 fully saturated rings. The molecule has 2 rings (SSSR count). The van der Waals surface area contributed by atoms with Crippen LogP contribution in [0.4, 0.5) is 0 Å². The Kier molecular flexibility index (Phi) is 5.03. The highest BCUT2D eigenvalue weighted by Gasteiger charge is 2.17. The van der Waals surface area contributed by atoms with Gasteiger partial charge in [0.05, 0.1) is 5.56 Å². The lowest BCUT2D eigenvalue weighted by Gasteiger charge is -2.12. The van der Waals surface area contributed by atoms with Crippen molar-refractivity contribution in [1.29, 1.82) is 0 Å². The van der Waals surface area contributed by atoms with Crippen LogP contribution in [0.3, 0.4) is 0 Å². The number of esters is 1. The second-order valence-electron chi connectivity index (χ2n) is 4.90. The second-order valence-corrected chi connectivity index (χ2v) is 4.90. The highest BCUT2D eigenvalue weighted by molar-refractivity contribution is 5.92. The number of carbonyl (C=O) groups is 2. The van der Waals surface area contributed by atoms with Crippen molar-refractivity contribution in [2.75, 3.05) is 13.4 Å². The van der Waals surface area contributed by atoms with Crippen LogP contribution in [-0.4, -0.2) is 31.3 Å². The van der Waals surface area contributed by atoms with Crippen LogP contribution in [0.1, 0.15) is 37.0 Å². The van der Waals surface area contributed by atoms with Gasteiger partial charge in [-0.1, -0.05) is 13.3 Å². The molecule has 0 spiro atoms. The van der Waals surface area contributed by atoms with Crippen molar-refractivity contribution >= 4 is 11.9 Å². The van der Waals surface area contributed by atoms with Gasteiger partial charge in [0.15, 0.2) is 18.1 Å². The Morgan fingerprint density at radius 2 is 2.10 bits per heavy atom. The molecule has 0 saturated heterocycles. The molecule has 0 radical (unpaired) electrons. The normalized spacial score (nSPS) is 13.6. The summed E-state index contributed by atoms with van der Waals surface area (Å²) >= 11 is 0. The minimum atomic E-state index is -0.563. The molecule has 1 N–H and O–H groups in total. The highest BCUT2D eigenvalue weighted by Crippen LogP contribution is 2.32. The van der Waals surface area contributed by atoms with E-state index in [1.807, 2.05) is 13.8 Å². The van der Waals surface area contributed by atoms with E-state index in [1.54, 1.807) is 18.2 Å². The van der Waals surface area contributed by atoms with Crippen LogP contribution in [0.15, 0.2) is 18.2 Å². The SMILES string of the molecule is CCCC(C)NC(=O)COC(=O)c1ccc2c(c1)OCO2. The summed E-state index contributed by atoms with van der Waals surface area (Å²) < 4.78 is 15.3. The Hall–Kier alpha value is -2.24. The fourth-order valence-corrected chi connectivity index (χ4v) is 2.06. The fourth-order valence-electron chi connectivity index (χ4n) is 2.06. The van der Waals surface area contributed by atoms with Crippen molar-refractivity contribution in [1.82, 2.24) is 5.32 Å². The quantitative estimate of drug-likeness (QED) is 0.811. The van der Waals surface area contributed by atoms with Crippen LogP contribution in [0, 0.1) is 0 Å². The van der Waals surface area contributed by atoms with E-state index in [-0.39, 0.29) is 25.3 Å². The standard InChI is InChI=1S/C15H19NO5/c1-3-4-10(2)16-14(17)8-19-15(18)11-5-6-12-13(7-11)21-9-20-12/h5-7,10H,3-4,8-9H2,1-2H3,(H,16,17). The summed E-state index contributed by atoms with van der Waals surface area (Å²) in [6, 6.07) is 4.84. The van der Waals surface area contributed by atoms with Gasteiger partial charge in [-0.05, 0) is 31.5 Å². The number of nitrogens with one attached hydrogen (secondary N) is 1. The smallest absolute Gasteiger partial charge is 0.338 e. The lowest BCUT2D eigenvalue weighted by molar-refractivity contribution is -0.124. The van der Waals surface area contributed by atoms with Gasteiger partial charge in [-0.3, -0.25) is 4.79 Å². The Bertz CT molecular complexity index is 529. The summed E-state index contributed by atoms with van der Waals surface area (Å²) in [7, 11) is 0. The molecule has 1 aliphatic heterocycles. The third-order valence-corrected chi connectivity index (χ3v) is 3.07. The zero-order valence-electron chi connectivity index (χ0n) is 12.2. The van der Waals surface area contributed by atoms with Gasteiger partial charge in [0.25, 0.3) is 5.91 Å². The largest absolute Gasteiger partial charge is 0.454 e. The van der Waals surface area contributed by atoms with Gasteiger partial charge in [-0.15, -0.1) is 0 Å². The van der Waals surface area contributed by atoms with Crippen LogP contribution in [0.2, 0.25) is 0 Å². The number of rotatable bonds is 6. The molecule has 0 aromatic heterocycles. The molecule has 21 heavy (non-hydrogen) atoms. The first-order valence-electron chi connectivity index (χ1n) is 6.96. The van der Waals surface area contributed by atoms with E-state index in [4.69, 9.17) is 14.2 Å². The van der Waals surface area contributed by atoms with Crippen LogP contribution < -0.4 is 14.8 Å². The van der Waals surface area contributed by atoms with Gasteiger partial charge in [0.2, 0.25) is 6.79 Å². The molecule has 1 unspecified atom stereocenters. The number of hydrogen-bond donors (Lipinski definition) is 1. The molecule has 0 bridgehead atoms. The van der Waals surface area contributed by atoms with E-state index in [0.29, 0.717) is 17.1 Å². The van der Waals surface area contributed by atoms with E-state index in [1.165, 1.54) is 0 Å². The maximum absolute atomic E-state index is 11.9. The lowest BCUT2D eigenvalue weighted by Crippen LogP contribution is -2.35. The molecule has 1 atom stereocenters. The number of benzene rings is 1. The second kappa shape index (κ2) is 6.97. The summed E-state index contributed by atoms with van der Waals surface area (Å²) in [5.41, 5.74) is 0.327. The van der Waals surface area contributed by atoms with Gasteiger partial charge < -0.3 is 19.5 Å². The Balaban J connectivity index is 1.83. The maximum atomic E-state index is 11.9. The molecule has 1 aliphatic rings. The van der Waals surface area contributed by atoms with Crippen molar-refractivity contribution in [2.45, 2.75) is 32.7 Å². The molecule has 0 saturated carbocycles. The van der Waals surface area contributed by atoms with Crippen molar-refractivity contribution < 1.29 is 23.8 Å². The summed E-state index contributed by atoms with van der Waals surface area (Å²) in [6.45, 7) is 3.82. The van der Waals surface area contributed by atoms with Crippen molar-refractivity contribution in [3.63, 3.8) is 0 Å². The Labute approximate surface area is 123 Å². The Morgan fingerprint density at radius 3 is 2.86 bits per heavy atom. The predicted molar refractivity (Wildman–Crippen MR) is 75.4 cm³/mol. The van der Waals surface area contributed by atoms with Crippen LogP contribution in [-0.2, 0) is 9.53 Å². The fraction of sp³-hybridized carbons (Fsp3) is 0.467. The average molecular weight is 293 g/mol. The van der Waals surface area contributed by atoms with E-state index < -0.39 is 5.97 Å². The monoisotopic (exact) mass is 293 g/mol. The van der Waals surface area contributed by atoms with Crippen molar-refractivity contribution in [2.24, 2.45) is 0 Å². The first-order valence-corrected chi connectivity index (χ1v) is 6.96. The molecule has 6 heteroatoms. The first-order chi connectivity index (χ1) is 10.1. The zero-order chi connectivity index (χ0) is 15.2. The molecule has 1 aromatic rings. The van der Waals surface area contributed by atoms with E-state index in [2.05, 4.69) is 5.32 Å². The minimum absolute atomic E-state index is 0.0757. The van der Waals surface area contributed by atoms with Crippen molar-refractivity contribution in [3.05, 3.63) is 23.8 Å².